The third kappa shape index (κ3) is 4.27. The Hall–Kier alpha value is -3.02. The van der Waals surface area contributed by atoms with Crippen molar-refractivity contribution in [3.63, 3.8) is 0 Å². The van der Waals surface area contributed by atoms with Gasteiger partial charge in [0.25, 0.3) is 0 Å². The predicted molar refractivity (Wildman–Crippen MR) is 114 cm³/mol. The fourth-order valence-corrected chi connectivity index (χ4v) is 3.92. The second-order valence-electron chi connectivity index (χ2n) is 9.74. The van der Waals surface area contributed by atoms with Crippen LogP contribution in [0.3, 0.4) is 0 Å². The summed E-state index contributed by atoms with van der Waals surface area (Å²) >= 11 is 0. The highest BCUT2D eigenvalue weighted by molar-refractivity contribution is 5.92. The van der Waals surface area contributed by atoms with Crippen LogP contribution in [0.1, 0.15) is 70.2 Å². The number of aromatic hydroxyl groups is 2. The van der Waals surface area contributed by atoms with Crippen LogP contribution in [0.5, 0.6) is 11.5 Å². The summed E-state index contributed by atoms with van der Waals surface area (Å²) in [6, 6.07) is 8.72. The monoisotopic (exact) mass is 414 g/mol. The number of aliphatic carboxylic acids is 2. The zero-order valence-electron chi connectivity index (χ0n) is 18.3. The number of phenolic OH excluding ortho intramolecular Hbond substituents is 2. The molecule has 0 fully saturated rings. The van der Waals surface area contributed by atoms with Gasteiger partial charge in [-0.2, -0.15) is 0 Å². The van der Waals surface area contributed by atoms with E-state index in [1.54, 1.807) is 0 Å². The Labute approximate surface area is 176 Å². The topological polar surface area (TPSA) is 115 Å². The van der Waals surface area contributed by atoms with Crippen LogP contribution in [-0.2, 0) is 25.8 Å². The molecule has 0 amide bonds. The molecule has 0 spiro atoms. The summed E-state index contributed by atoms with van der Waals surface area (Å²) in [6.07, 6.45) is -0.690. The third-order valence-electron chi connectivity index (χ3n) is 5.32. The molecule has 0 aliphatic heterocycles. The van der Waals surface area contributed by atoms with Gasteiger partial charge < -0.3 is 20.4 Å². The van der Waals surface area contributed by atoms with E-state index in [1.807, 2.05) is 41.5 Å². The molecule has 0 heterocycles. The summed E-state index contributed by atoms with van der Waals surface area (Å²) in [6.45, 7) is 11.3. The van der Waals surface area contributed by atoms with E-state index in [1.165, 1.54) is 36.4 Å². The number of hydrogen-bond acceptors (Lipinski definition) is 4. The molecule has 2 aromatic carbocycles. The Balaban J connectivity index is 3.10. The van der Waals surface area contributed by atoms with Crippen LogP contribution in [0, 0.1) is 0 Å². The number of hydrogen-bond donors (Lipinski definition) is 4. The van der Waals surface area contributed by atoms with Gasteiger partial charge in [-0.05, 0) is 57.3 Å². The van der Waals surface area contributed by atoms with Crippen LogP contribution in [0.4, 0.5) is 0 Å². The van der Waals surface area contributed by atoms with Crippen LogP contribution in [-0.4, -0.2) is 32.4 Å². The van der Waals surface area contributed by atoms with E-state index in [-0.39, 0.29) is 11.5 Å². The molecule has 2 rings (SSSR count). The van der Waals surface area contributed by atoms with Gasteiger partial charge in [0, 0.05) is 0 Å². The fourth-order valence-electron chi connectivity index (χ4n) is 3.92. The first-order chi connectivity index (χ1) is 13.6. The fraction of sp³-hybridized carbons (Fsp3) is 0.417. The standard InChI is InChI=1S/C24H30O6/c1-22(2,3)18-11-14(25)7-9-16(18)24(21(29)30,13-20(27)28)17-10-8-15(26)12-19(17)23(4,5)6/h7-12,25-26H,13H2,1-6H3,(H,27,28)(H,29,30). The maximum Gasteiger partial charge on any atom is 0.319 e. The van der Waals surface area contributed by atoms with Crippen molar-refractivity contribution in [1.82, 2.24) is 0 Å². The quantitative estimate of drug-likeness (QED) is 0.571. The number of carboxylic acid groups (broad SMARTS) is 2. The number of rotatable bonds is 5. The summed E-state index contributed by atoms with van der Waals surface area (Å²) in [5, 5.41) is 40.4. The van der Waals surface area contributed by atoms with Crippen LogP contribution in [0.25, 0.3) is 0 Å². The molecule has 162 valence electrons. The molecule has 0 aliphatic carbocycles. The van der Waals surface area contributed by atoms with E-state index in [0.717, 1.165) is 0 Å². The van der Waals surface area contributed by atoms with E-state index in [9.17, 15) is 30.0 Å². The average molecular weight is 414 g/mol. The number of benzene rings is 2. The molecular weight excluding hydrogens is 384 g/mol. The van der Waals surface area contributed by atoms with Crippen LogP contribution < -0.4 is 0 Å². The first-order valence-electron chi connectivity index (χ1n) is 9.74. The Morgan fingerprint density at radius 1 is 0.700 bits per heavy atom. The minimum absolute atomic E-state index is 0.0277. The summed E-state index contributed by atoms with van der Waals surface area (Å²) in [5.41, 5.74) is -1.35. The van der Waals surface area contributed by atoms with E-state index < -0.39 is 34.6 Å². The molecule has 4 N–H and O–H groups in total. The molecule has 0 aromatic heterocycles. The van der Waals surface area contributed by atoms with Gasteiger partial charge in [-0.3, -0.25) is 9.59 Å². The third-order valence-corrected chi connectivity index (χ3v) is 5.32. The molecule has 0 radical (unpaired) electrons. The molecule has 6 nitrogen and oxygen atoms in total. The van der Waals surface area contributed by atoms with Gasteiger partial charge in [0.1, 0.15) is 16.9 Å². The van der Waals surface area contributed by atoms with Crippen molar-refractivity contribution in [2.24, 2.45) is 0 Å². The van der Waals surface area contributed by atoms with Gasteiger partial charge in [-0.25, -0.2) is 0 Å². The van der Waals surface area contributed by atoms with Gasteiger partial charge in [0.05, 0.1) is 6.42 Å². The summed E-state index contributed by atoms with van der Waals surface area (Å²) < 4.78 is 0. The minimum atomic E-state index is -1.92. The van der Waals surface area contributed by atoms with Gasteiger partial charge in [-0.15, -0.1) is 0 Å². The molecule has 2 aromatic rings. The second kappa shape index (κ2) is 7.67. The highest BCUT2D eigenvalue weighted by Crippen LogP contribution is 2.46. The molecule has 0 saturated carbocycles. The van der Waals surface area contributed by atoms with Crippen molar-refractivity contribution in [3.05, 3.63) is 58.7 Å². The molecule has 0 aliphatic rings. The molecular formula is C24H30O6. The minimum Gasteiger partial charge on any atom is -0.508 e. The predicted octanol–water partition coefficient (Wildman–Crippen LogP) is 4.54. The van der Waals surface area contributed by atoms with Gasteiger partial charge in [0.15, 0.2) is 0 Å². The lowest BCUT2D eigenvalue weighted by atomic mass is 9.64. The molecule has 6 heteroatoms. The number of phenols is 2. The molecule has 0 atom stereocenters. The Morgan fingerprint density at radius 3 is 1.33 bits per heavy atom. The van der Waals surface area contributed by atoms with Crippen molar-refractivity contribution in [3.8, 4) is 11.5 Å². The van der Waals surface area contributed by atoms with Gasteiger partial charge in [-0.1, -0.05) is 53.7 Å². The summed E-state index contributed by atoms with van der Waals surface area (Å²) in [7, 11) is 0. The first kappa shape index (κ1) is 23.3. The van der Waals surface area contributed by atoms with Crippen LogP contribution in [0.15, 0.2) is 36.4 Å². The summed E-state index contributed by atoms with van der Waals surface area (Å²) in [4.78, 5) is 24.9. The average Bonchev–Trinajstić information content (AvgIpc) is 2.58. The lowest BCUT2D eigenvalue weighted by Crippen LogP contribution is -2.43. The maximum absolute atomic E-state index is 12.9. The van der Waals surface area contributed by atoms with Crippen molar-refractivity contribution in [2.45, 2.75) is 64.2 Å². The number of carboxylic acids is 2. The first-order valence-corrected chi connectivity index (χ1v) is 9.74. The molecule has 0 saturated heterocycles. The zero-order valence-corrected chi connectivity index (χ0v) is 18.3. The lowest BCUT2D eigenvalue weighted by Gasteiger charge is -2.38. The smallest absolute Gasteiger partial charge is 0.319 e. The van der Waals surface area contributed by atoms with Crippen LogP contribution in [0.2, 0.25) is 0 Å². The normalized spacial score (nSPS) is 12.6. The van der Waals surface area contributed by atoms with E-state index in [2.05, 4.69) is 0 Å². The highest BCUT2D eigenvalue weighted by Gasteiger charge is 2.49. The molecule has 0 unspecified atom stereocenters. The van der Waals surface area contributed by atoms with Crippen LogP contribution >= 0.6 is 0 Å². The highest BCUT2D eigenvalue weighted by atomic mass is 16.4. The molecule has 30 heavy (non-hydrogen) atoms. The van der Waals surface area contributed by atoms with Crippen molar-refractivity contribution in [2.75, 3.05) is 0 Å². The maximum atomic E-state index is 12.9. The summed E-state index contributed by atoms with van der Waals surface area (Å²) in [5.74, 6) is -2.63. The van der Waals surface area contributed by atoms with Crippen molar-refractivity contribution >= 4 is 11.9 Å². The van der Waals surface area contributed by atoms with E-state index in [4.69, 9.17) is 0 Å². The Kier molecular flexibility index (Phi) is 5.95. The molecule has 0 bridgehead atoms. The Morgan fingerprint density at radius 2 is 1.07 bits per heavy atom. The SMILES string of the molecule is CC(C)(C)c1cc(O)ccc1C(CC(=O)O)(C(=O)O)c1ccc(O)cc1C(C)(C)C. The largest absolute Gasteiger partial charge is 0.508 e. The Bertz CT molecular complexity index is 913. The van der Waals surface area contributed by atoms with Gasteiger partial charge >= 0.3 is 11.9 Å². The zero-order chi connectivity index (χ0) is 23.1. The van der Waals surface area contributed by atoms with E-state index in [0.29, 0.717) is 22.3 Å². The second-order valence-corrected chi connectivity index (χ2v) is 9.74. The number of carbonyl (C=O) groups is 2. The van der Waals surface area contributed by atoms with Crippen molar-refractivity contribution < 1.29 is 30.0 Å². The van der Waals surface area contributed by atoms with E-state index >= 15 is 0 Å². The van der Waals surface area contributed by atoms with Gasteiger partial charge in [0.2, 0.25) is 0 Å². The van der Waals surface area contributed by atoms with Crippen molar-refractivity contribution in [1.29, 1.82) is 0 Å². The lowest BCUT2D eigenvalue weighted by molar-refractivity contribution is -0.148.